The largest absolute Gasteiger partial charge is 0.296 e. The van der Waals surface area contributed by atoms with Gasteiger partial charge in [0.25, 0.3) is 0 Å². The third-order valence-electron chi connectivity index (χ3n) is 1.68. The van der Waals surface area contributed by atoms with Crippen LogP contribution in [0, 0.1) is 0 Å². The first-order chi connectivity index (χ1) is 5.91. The molecule has 1 aromatic rings. The molecule has 4 heteroatoms. The van der Waals surface area contributed by atoms with Crippen LogP contribution in [-0.2, 0) is 11.2 Å². The van der Waals surface area contributed by atoms with Gasteiger partial charge < -0.3 is 0 Å². The standard InChI is InChI=1S/C9H10ClFOS/c1-9(2,11)8(12)5-7-6(10)3-4-13-7/h3-4H,5H2,1-2H3. The molecule has 1 aromatic heterocycles. The number of ketones is 1. The molecular formula is C9H10ClFOS. The third-order valence-corrected chi connectivity index (χ3v) is 3.06. The van der Waals surface area contributed by atoms with E-state index in [1.165, 1.54) is 25.2 Å². The lowest BCUT2D eigenvalue weighted by atomic mass is 10.0. The van der Waals surface area contributed by atoms with Gasteiger partial charge in [-0.1, -0.05) is 11.6 Å². The summed E-state index contributed by atoms with van der Waals surface area (Å²) in [4.78, 5) is 12.0. The fourth-order valence-electron chi connectivity index (χ4n) is 0.807. The van der Waals surface area contributed by atoms with E-state index in [2.05, 4.69) is 0 Å². The van der Waals surface area contributed by atoms with E-state index in [1.54, 1.807) is 11.4 Å². The summed E-state index contributed by atoms with van der Waals surface area (Å²) >= 11 is 7.14. The van der Waals surface area contributed by atoms with Crippen molar-refractivity contribution in [3.8, 4) is 0 Å². The summed E-state index contributed by atoms with van der Waals surface area (Å²) < 4.78 is 13.1. The average Bonchev–Trinajstić information content (AvgIpc) is 2.34. The molecule has 0 saturated carbocycles. The average molecular weight is 221 g/mol. The number of carbonyl (C=O) groups is 1. The quantitative estimate of drug-likeness (QED) is 0.764. The van der Waals surface area contributed by atoms with E-state index in [4.69, 9.17) is 11.6 Å². The summed E-state index contributed by atoms with van der Waals surface area (Å²) in [6.07, 6.45) is 0.0833. The van der Waals surface area contributed by atoms with Crippen LogP contribution < -0.4 is 0 Å². The first-order valence-electron chi connectivity index (χ1n) is 3.85. The van der Waals surface area contributed by atoms with E-state index < -0.39 is 11.5 Å². The number of hydrogen-bond acceptors (Lipinski definition) is 2. The number of rotatable bonds is 3. The lowest BCUT2D eigenvalue weighted by Gasteiger charge is -2.11. The van der Waals surface area contributed by atoms with Crippen molar-refractivity contribution < 1.29 is 9.18 Å². The molecular weight excluding hydrogens is 211 g/mol. The summed E-state index contributed by atoms with van der Waals surface area (Å²) in [6.45, 7) is 2.52. The minimum Gasteiger partial charge on any atom is -0.296 e. The molecule has 0 atom stereocenters. The van der Waals surface area contributed by atoms with Gasteiger partial charge in [0.15, 0.2) is 11.5 Å². The number of thiophene rings is 1. The minimum atomic E-state index is -1.77. The highest BCUT2D eigenvalue weighted by Crippen LogP contribution is 2.24. The summed E-state index contributed by atoms with van der Waals surface area (Å²) in [5.74, 6) is -0.433. The van der Waals surface area contributed by atoms with Gasteiger partial charge in [0.1, 0.15) is 0 Å². The topological polar surface area (TPSA) is 17.1 Å². The van der Waals surface area contributed by atoms with Crippen LogP contribution in [0.15, 0.2) is 11.4 Å². The maximum absolute atomic E-state index is 13.1. The highest BCUT2D eigenvalue weighted by molar-refractivity contribution is 7.10. The van der Waals surface area contributed by atoms with Crippen LogP contribution in [0.2, 0.25) is 5.02 Å². The molecule has 0 spiro atoms. The Morgan fingerprint density at radius 1 is 1.69 bits per heavy atom. The highest BCUT2D eigenvalue weighted by atomic mass is 35.5. The van der Waals surface area contributed by atoms with Gasteiger partial charge >= 0.3 is 0 Å². The van der Waals surface area contributed by atoms with Crippen molar-refractivity contribution >= 4 is 28.7 Å². The number of alkyl halides is 1. The molecule has 0 fully saturated rings. The molecule has 0 aliphatic rings. The SMILES string of the molecule is CC(C)(F)C(=O)Cc1sccc1Cl. The molecule has 0 saturated heterocycles. The predicted octanol–water partition coefficient (Wildman–Crippen LogP) is 3.26. The predicted molar refractivity (Wildman–Crippen MR) is 53.2 cm³/mol. The van der Waals surface area contributed by atoms with Gasteiger partial charge in [-0.15, -0.1) is 11.3 Å². The first-order valence-corrected chi connectivity index (χ1v) is 5.11. The van der Waals surface area contributed by atoms with E-state index in [9.17, 15) is 9.18 Å². The summed E-state index contributed by atoms with van der Waals surface area (Å²) in [6, 6.07) is 1.71. The zero-order chi connectivity index (χ0) is 10.1. The lowest BCUT2D eigenvalue weighted by Crippen LogP contribution is -2.27. The molecule has 72 valence electrons. The van der Waals surface area contributed by atoms with Gasteiger partial charge in [-0.3, -0.25) is 4.79 Å². The Morgan fingerprint density at radius 2 is 2.31 bits per heavy atom. The third kappa shape index (κ3) is 2.78. The van der Waals surface area contributed by atoms with Crippen molar-refractivity contribution in [2.45, 2.75) is 25.9 Å². The van der Waals surface area contributed by atoms with E-state index in [1.807, 2.05) is 0 Å². The molecule has 1 heterocycles. The summed E-state index contributed by atoms with van der Waals surface area (Å²) in [5.41, 5.74) is -1.77. The van der Waals surface area contributed by atoms with E-state index in [0.29, 0.717) is 5.02 Å². The van der Waals surface area contributed by atoms with Crippen LogP contribution in [0.4, 0.5) is 4.39 Å². The van der Waals surface area contributed by atoms with Crippen LogP contribution in [-0.4, -0.2) is 11.5 Å². The van der Waals surface area contributed by atoms with Crippen LogP contribution in [0.1, 0.15) is 18.7 Å². The van der Waals surface area contributed by atoms with Crippen molar-refractivity contribution in [3.05, 3.63) is 21.3 Å². The van der Waals surface area contributed by atoms with E-state index >= 15 is 0 Å². The van der Waals surface area contributed by atoms with Gasteiger partial charge in [-0.05, 0) is 25.3 Å². The fourth-order valence-corrected chi connectivity index (χ4v) is 1.91. The number of halogens is 2. The second-order valence-corrected chi connectivity index (χ2v) is 4.67. The lowest BCUT2D eigenvalue weighted by molar-refractivity contribution is -0.127. The molecule has 1 rings (SSSR count). The second kappa shape index (κ2) is 3.76. The monoisotopic (exact) mass is 220 g/mol. The number of carbonyl (C=O) groups excluding carboxylic acids is 1. The molecule has 0 unspecified atom stereocenters. The number of Topliss-reactive ketones (excluding diaryl/α,β-unsaturated/α-hetero) is 1. The molecule has 0 aromatic carbocycles. The normalized spacial score (nSPS) is 11.7. The van der Waals surface area contributed by atoms with Crippen molar-refractivity contribution in [1.29, 1.82) is 0 Å². The Balaban J connectivity index is 2.71. The van der Waals surface area contributed by atoms with E-state index in [0.717, 1.165) is 4.88 Å². The van der Waals surface area contributed by atoms with E-state index in [-0.39, 0.29) is 6.42 Å². The van der Waals surface area contributed by atoms with Crippen molar-refractivity contribution in [2.75, 3.05) is 0 Å². The fraction of sp³-hybridized carbons (Fsp3) is 0.444. The number of hydrogen-bond donors (Lipinski definition) is 0. The van der Waals surface area contributed by atoms with Gasteiger partial charge in [0.05, 0.1) is 5.02 Å². The molecule has 0 radical (unpaired) electrons. The van der Waals surface area contributed by atoms with Gasteiger partial charge in [0, 0.05) is 11.3 Å². The van der Waals surface area contributed by atoms with Crippen LogP contribution in [0.3, 0.4) is 0 Å². The molecule has 0 aliphatic carbocycles. The maximum atomic E-state index is 13.1. The smallest absolute Gasteiger partial charge is 0.174 e. The Labute approximate surface area is 85.5 Å². The van der Waals surface area contributed by atoms with Crippen molar-refractivity contribution in [2.24, 2.45) is 0 Å². The minimum absolute atomic E-state index is 0.0833. The van der Waals surface area contributed by atoms with Crippen LogP contribution >= 0.6 is 22.9 Å². The summed E-state index contributed by atoms with van der Waals surface area (Å²) in [7, 11) is 0. The zero-order valence-corrected chi connectivity index (χ0v) is 9.01. The van der Waals surface area contributed by atoms with Gasteiger partial charge in [-0.2, -0.15) is 0 Å². The molecule has 0 bridgehead atoms. The second-order valence-electron chi connectivity index (χ2n) is 3.26. The molecule has 0 amide bonds. The Bertz CT molecular complexity index is 314. The van der Waals surface area contributed by atoms with Crippen LogP contribution in [0.5, 0.6) is 0 Å². The van der Waals surface area contributed by atoms with Crippen molar-refractivity contribution in [1.82, 2.24) is 0 Å². The Morgan fingerprint density at radius 3 is 2.69 bits per heavy atom. The zero-order valence-electron chi connectivity index (χ0n) is 7.43. The van der Waals surface area contributed by atoms with Gasteiger partial charge in [0.2, 0.25) is 0 Å². The summed E-state index contributed by atoms with van der Waals surface area (Å²) in [5, 5.41) is 2.33. The Hall–Kier alpha value is -0.410. The Kier molecular flexibility index (Phi) is 3.09. The van der Waals surface area contributed by atoms with Crippen LogP contribution in [0.25, 0.3) is 0 Å². The highest BCUT2D eigenvalue weighted by Gasteiger charge is 2.27. The molecule has 0 N–H and O–H groups in total. The molecule has 13 heavy (non-hydrogen) atoms. The molecule has 1 nitrogen and oxygen atoms in total. The van der Waals surface area contributed by atoms with Gasteiger partial charge in [-0.25, -0.2) is 4.39 Å². The van der Waals surface area contributed by atoms with Crippen molar-refractivity contribution in [3.63, 3.8) is 0 Å². The molecule has 0 aliphatic heterocycles. The maximum Gasteiger partial charge on any atom is 0.174 e. The first kappa shape index (κ1) is 10.7.